The lowest BCUT2D eigenvalue weighted by molar-refractivity contribution is 0.0697. The minimum atomic E-state index is -0.994. The first-order valence-corrected chi connectivity index (χ1v) is 4.65. The second-order valence-corrected chi connectivity index (χ2v) is 3.45. The lowest BCUT2D eigenvalue weighted by atomic mass is 10.0. The number of hydrogen-bond donors (Lipinski definition) is 2. The molecule has 1 amide bonds. The molecule has 3 N–H and O–H groups in total. The van der Waals surface area contributed by atoms with E-state index in [1.807, 2.05) is 0 Å². The van der Waals surface area contributed by atoms with Gasteiger partial charge in [-0.3, -0.25) is 4.79 Å². The first kappa shape index (κ1) is 10.2. The van der Waals surface area contributed by atoms with Crippen LogP contribution in [-0.4, -0.2) is 17.0 Å². The maximum atomic E-state index is 11.0. The molecule has 0 atom stereocenters. The Hall–Kier alpha value is -2.36. The third-order valence-corrected chi connectivity index (χ3v) is 2.37. The number of fused-ring (bicyclic) bond motifs is 1. The number of rotatable bonds is 2. The molecule has 0 unspecified atom stereocenters. The molecule has 0 bridgehead atoms. The summed E-state index contributed by atoms with van der Waals surface area (Å²) in [5.41, 5.74) is 5.71. The summed E-state index contributed by atoms with van der Waals surface area (Å²) in [5.74, 6) is -1.52. The molecule has 0 aromatic heterocycles. The van der Waals surface area contributed by atoms with Gasteiger partial charge in [0.15, 0.2) is 0 Å². The average molecular weight is 215 g/mol. The van der Waals surface area contributed by atoms with Gasteiger partial charge in [-0.15, -0.1) is 0 Å². The van der Waals surface area contributed by atoms with E-state index in [0.29, 0.717) is 10.9 Å². The van der Waals surface area contributed by atoms with E-state index in [9.17, 15) is 9.59 Å². The van der Waals surface area contributed by atoms with Crippen molar-refractivity contribution in [2.45, 2.75) is 0 Å². The van der Waals surface area contributed by atoms with Crippen LogP contribution in [-0.2, 0) is 0 Å². The molecule has 0 aliphatic carbocycles. The van der Waals surface area contributed by atoms with Crippen LogP contribution in [0.25, 0.3) is 10.8 Å². The van der Waals surface area contributed by atoms with Gasteiger partial charge in [-0.1, -0.05) is 12.1 Å². The van der Waals surface area contributed by atoms with Crippen molar-refractivity contribution < 1.29 is 14.7 Å². The van der Waals surface area contributed by atoms with Crippen molar-refractivity contribution >= 4 is 22.6 Å². The van der Waals surface area contributed by atoms with Crippen LogP contribution < -0.4 is 5.73 Å². The largest absolute Gasteiger partial charge is 0.478 e. The van der Waals surface area contributed by atoms with Gasteiger partial charge < -0.3 is 10.8 Å². The number of carboxylic acids is 1. The number of amides is 1. The van der Waals surface area contributed by atoms with Crippen molar-refractivity contribution in [2.24, 2.45) is 5.73 Å². The molecule has 0 saturated carbocycles. The van der Waals surface area contributed by atoms with E-state index in [2.05, 4.69) is 0 Å². The summed E-state index contributed by atoms with van der Waals surface area (Å²) in [4.78, 5) is 21.7. The highest BCUT2D eigenvalue weighted by Crippen LogP contribution is 2.17. The van der Waals surface area contributed by atoms with Gasteiger partial charge in [0.05, 0.1) is 5.56 Å². The smallest absolute Gasteiger partial charge is 0.335 e. The predicted molar refractivity (Wildman–Crippen MR) is 59.4 cm³/mol. The van der Waals surface area contributed by atoms with Gasteiger partial charge in [-0.2, -0.15) is 0 Å². The molecule has 0 aliphatic rings. The van der Waals surface area contributed by atoms with Crippen molar-refractivity contribution in [1.82, 2.24) is 0 Å². The number of carboxylic acid groups (broad SMARTS) is 1. The number of nitrogens with two attached hydrogens (primary N) is 1. The van der Waals surface area contributed by atoms with E-state index >= 15 is 0 Å². The molecule has 4 nitrogen and oxygen atoms in total. The number of carbonyl (C=O) groups is 2. The van der Waals surface area contributed by atoms with Crippen LogP contribution in [0.5, 0.6) is 0 Å². The van der Waals surface area contributed by atoms with Crippen molar-refractivity contribution in [3.63, 3.8) is 0 Å². The zero-order chi connectivity index (χ0) is 11.7. The summed E-state index contributed by atoms with van der Waals surface area (Å²) in [6.45, 7) is 0. The highest BCUT2D eigenvalue weighted by molar-refractivity contribution is 5.99. The number of aromatic carboxylic acids is 1. The molecule has 0 spiro atoms. The van der Waals surface area contributed by atoms with Crippen molar-refractivity contribution in [3.05, 3.63) is 47.5 Å². The Morgan fingerprint density at radius 3 is 2.06 bits per heavy atom. The Labute approximate surface area is 91.3 Å². The van der Waals surface area contributed by atoms with E-state index in [-0.39, 0.29) is 5.56 Å². The quantitative estimate of drug-likeness (QED) is 0.799. The standard InChI is InChI=1S/C12H9NO3/c13-11(14)8-3-1-7-2-4-9(12(15)16)6-10(7)5-8/h1-6H,(H2,13,14)(H,15,16). The summed E-state index contributed by atoms with van der Waals surface area (Å²) in [6.07, 6.45) is 0. The molecule has 2 aromatic rings. The lowest BCUT2D eigenvalue weighted by Crippen LogP contribution is -2.10. The van der Waals surface area contributed by atoms with Gasteiger partial charge in [0.2, 0.25) is 5.91 Å². The van der Waals surface area contributed by atoms with Crippen molar-refractivity contribution in [2.75, 3.05) is 0 Å². The zero-order valence-corrected chi connectivity index (χ0v) is 8.31. The summed E-state index contributed by atoms with van der Waals surface area (Å²) < 4.78 is 0. The van der Waals surface area contributed by atoms with E-state index in [0.717, 1.165) is 5.39 Å². The number of carbonyl (C=O) groups excluding carboxylic acids is 1. The maximum Gasteiger partial charge on any atom is 0.335 e. The Bertz CT molecular complexity index is 541. The van der Waals surface area contributed by atoms with Crippen LogP contribution >= 0.6 is 0 Å². The van der Waals surface area contributed by atoms with Gasteiger partial charge in [0.1, 0.15) is 0 Å². The summed E-state index contributed by atoms with van der Waals surface area (Å²) in [6, 6.07) is 9.68. The first-order valence-electron chi connectivity index (χ1n) is 4.65. The van der Waals surface area contributed by atoms with Crippen LogP contribution in [0.3, 0.4) is 0 Å². The minimum absolute atomic E-state index is 0.189. The van der Waals surface area contributed by atoms with Crippen LogP contribution in [0.15, 0.2) is 36.4 Å². The molecule has 2 aromatic carbocycles. The molecular formula is C12H9NO3. The van der Waals surface area contributed by atoms with Gasteiger partial charge >= 0.3 is 5.97 Å². The van der Waals surface area contributed by atoms with Crippen LogP contribution in [0.4, 0.5) is 0 Å². The molecule has 0 radical (unpaired) electrons. The second-order valence-electron chi connectivity index (χ2n) is 3.45. The van der Waals surface area contributed by atoms with Crippen LogP contribution in [0.2, 0.25) is 0 Å². The predicted octanol–water partition coefficient (Wildman–Crippen LogP) is 1.64. The highest BCUT2D eigenvalue weighted by Gasteiger charge is 2.05. The van der Waals surface area contributed by atoms with Crippen LogP contribution in [0, 0.1) is 0 Å². The van der Waals surface area contributed by atoms with Crippen molar-refractivity contribution in [1.29, 1.82) is 0 Å². The molecule has 2 rings (SSSR count). The topological polar surface area (TPSA) is 80.4 Å². The molecule has 0 heterocycles. The molecule has 0 aliphatic heterocycles. The van der Waals surface area contributed by atoms with Gasteiger partial charge in [0, 0.05) is 5.56 Å². The number of hydrogen-bond acceptors (Lipinski definition) is 2. The normalized spacial score (nSPS) is 10.2. The minimum Gasteiger partial charge on any atom is -0.478 e. The van der Waals surface area contributed by atoms with Gasteiger partial charge in [0.25, 0.3) is 0 Å². The van der Waals surface area contributed by atoms with Gasteiger partial charge in [-0.05, 0) is 35.0 Å². The Kier molecular flexibility index (Phi) is 2.32. The van der Waals surface area contributed by atoms with E-state index in [1.165, 1.54) is 12.1 Å². The molecular weight excluding hydrogens is 206 g/mol. The molecule has 4 heteroatoms. The fraction of sp³-hybridized carbons (Fsp3) is 0. The van der Waals surface area contributed by atoms with Crippen LogP contribution in [0.1, 0.15) is 20.7 Å². The summed E-state index contributed by atoms with van der Waals surface area (Å²) in [5, 5.41) is 10.4. The molecule has 0 fully saturated rings. The third kappa shape index (κ3) is 1.72. The SMILES string of the molecule is NC(=O)c1ccc2ccc(C(=O)O)cc2c1. The second kappa shape index (κ2) is 3.66. The van der Waals surface area contributed by atoms with E-state index in [1.54, 1.807) is 24.3 Å². The highest BCUT2D eigenvalue weighted by atomic mass is 16.4. The summed E-state index contributed by atoms with van der Waals surface area (Å²) in [7, 11) is 0. The third-order valence-electron chi connectivity index (χ3n) is 2.37. The fourth-order valence-electron chi connectivity index (χ4n) is 1.53. The van der Waals surface area contributed by atoms with Gasteiger partial charge in [-0.25, -0.2) is 4.79 Å². The number of primary amides is 1. The monoisotopic (exact) mass is 215 g/mol. The lowest BCUT2D eigenvalue weighted by Gasteiger charge is -2.01. The zero-order valence-electron chi connectivity index (χ0n) is 8.31. The Balaban J connectivity index is 2.65. The fourth-order valence-corrected chi connectivity index (χ4v) is 1.53. The maximum absolute atomic E-state index is 11.0. The Morgan fingerprint density at radius 2 is 1.50 bits per heavy atom. The molecule has 16 heavy (non-hydrogen) atoms. The summed E-state index contributed by atoms with van der Waals surface area (Å²) >= 11 is 0. The first-order chi connectivity index (χ1) is 7.58. The Morgan fingerprint density at radius 1 is 0.938 bits per heavy atom. The molecule has 0 saturated heterocycles. The number of benzene rings is 2. The van der Waals surface area contributed by atoms with E-state index < -0.39 is 11.9 Å². The average Bonchev–Trinajstić information content (AvgIpc) is 2.27. The molecule has 80 valence electrons. The van der Waals surface area contributed by atoms with Crippen molar-refractivity contribution in [3.8, 4) is 0 Å². The van der Waals surface area contributed by atoms with E-state index in [4.69, 9.17) is 10.8 Å².